The summed E-state index contributed by atoms with van der Waals surface area (Å²) >= 11 is 9.03. The molecule has 1 N–H and O–H groups in total. The molecule has 0 atom stereocenters. The molecule has 0 aliphatic carbocycles. The normalized spacial score (nSPS) is 11.5. The van der Waals surface area contributed by atoms with Gasteiger partial charge in [-0.05, 0) is 34.1 Å². The number of sulfonamides is 1. The number of aromatic nitrogens is 2. The van der Waals surface area contributed by atoms with Crippen LogP contribution in [0, 0.1) is 0 Å². The number of halogens is 2. The van der Waals surface area contributed by atoms with Crippen LogP contribution in [0.5, 0.6) is 0 Å². The maximum Gasteiger partial charge on any atom is 0.265 e. The van der Waals surface area contributed by atoms with E-state index in [-0.39, 0.29) is 4.90 Å². The van der Waals surface area contributed by atoms with Crippen LogP contribution in [-0.2, 0) is 17.1 Å². The van der Waals surface area contributed by atoms with Crippen LogP contribution in [0.1, 0.15) is 0 Å². The first kappa shape index (κ1) is 13.4. The Morgan fingerprint density at radius 3 is 2.72 bits per heavy atom. The van der Waals surface area contributed by atoms with Crippen molar-refractivity contribution in [2.45, 2.75) is 4.90 Å². The summed E-state index contributed by atoms with van der Waals surface area (Å²) in [6.07, 6.45) is 2.71. The van der Waals surface area contributed by atoms with Crippen molar-refractivity contribution in [1.29, 1.82) is 0 Å². The Morgan fingerprint density at radius 1 is 1.44 bits per heavy atom. The zero-order valence-corrected chi connectivity index (χ0v) is 12.4. The number of hydrogen-bond donors (Lipinski definition) is 1. The molecule has 0 bridgehead atoms. The Balaban J connectivity index is 2.33. The van der Waals surface area contributed by atoms with E-state index >= 15 is 0 Å². The molecule has 1 aromatic carbocycles. The van der Waals surface area contributed by atoms with Crippen molar-refractivity contribution >= 4 is 43.2 Å². The molecule has 0 amide bonds. The van der Waals surface area contributed by atoms with Gasteiger partial charge in [0.15, 0.2) is 0 Å². The van der Waals surface area contributed by atoms with Crippen molar-refractivity contribution in [2.24, 2.45) is 7.05 Å². The third kappa shape index (κ3) is 2.85. The summed E-state index contributed by atoms with van der Waals surface area (Å²) in [7, 11) is -1.98. The average molecular weight is 351 g/mol. The Bertz CT molecular complexity index is 684. The molecule has 8 heteroatoms. The fraction of sp³-hybridized carbons (Fsp3) is 0.100. The zero-order chi connectivity index (χ0) is 13.3. The van der Waals surface area contributed by atoms with Crippen LogP contribution in [0.2, 0.25) is 5.02 Å². The lowest BCUT2D eigenvalue weighted by atomic mass is 10.3. The van der Waals surface area contributed by atoms with E-state index in [4.69, 9.17) is 11.6 Å². The molecule has 1 heterocycles. The molecule has 96 valence electrons. The number of rotatable bonds is 3. The molecular weight excluding hydrogens is 342 g/mol. The van der Waals surface area contributed by atoms with E-state index in [1.807, 2.05) is 0 Å². The van der Waals surface area contributed by atoms with Crippen LogP contribution in [0.4, 0.5) is 5.69 Å². The largest absolute Gasteiger partial charge is 0.278 e. The quantitative estimate of drug-likeness (QED) is 0.925. The maximum absolute atomic E-state index is 12.0. The molecule has 5 nitrogen and oxygen atoms in total. The zero-order valence-electron chi connectivity index (χ0n) is 9.26. The minimum Gasteiger partial charge on any atom is -0.278 e. The van der Waals surface area contributed by atoms with Gasteiger partial charge in [0.05, 0.1) is 11.9 Å². The summed E-state index contributed by atoms with van der Waals surface area (Å²) in [6, 6.07) is 4.80. The minimum atomic E-state index is -3.63. The SMILES string of the molecule is Cn1cc(S(=O)(=O)Nc2ccc(Cl)cc2Br)cn1. The van der Waals surface area contributed by atoms with Crippen LogP contribution in [0.3, 0.4) is 0 Å². The van der Waals surface area contributed by atoms with Crippen LogP contribution in [0.25, 0.3) is 0 Å². The Labute approximate surface area is 118 Å². The van der Waals surface area contributed by atoms with Crippen LogP contribution in [-0.4, -0.2) is 18.2 Å². The Hall–Kier alpha value is -1.05. The van der Waals surface area contributed by atoms with Gasteiger partial charge in [-0.3, -0.25) is 9.40 Å². The van der Waals surface area contributed by atoms with E-state index in [0.717, 1.165) is 0 Å². The van der Waals surface area contributed by atoms with Gasteiger partial charge >= 0.3 is 0 Å². The summed E-state index contributed by atoms with van der Waals surface area (Å²) in [5, 5.41) is 4.35. The summed E-state index contributed by atoms with van der Waals surface area (Å²) < 4.78 is 28.5. The molecule has 0 unspecified atom stereocenters. The van der Waals surface area contributed by atoms with E-state index in [2.05, 4.69) is 25.8 Å². The van der Waals surface area contributed by atoms with Crippen LogP contribution < -0.4 is 4.72 Å². The standard InChI is InChI=1S/C10H9BrClN3O2S/c1-15-6-8(5-13-15)18(16,17)14-10-3-2-7(12)4-9(10)11/h2-6,14H,1H3. The monoisotopic (exact) mass is 349 g/mol. The van der Waals surface area contributed by atoms with Gasteiger partial charge in [0, 0.05) is 22.7 Å². The molecule has 0 aliphatic heterocycles. The summed E-state index contributed by atoms with van der Waals surface area (Å²) in [5.41, 5.74) is 0.420. The topological polar surface area (TPSA) is 64.0 Å². The predicted octanol–water partition coefficient (Wildman–Crippen LogP) is 2.64. The average Bonchev–Trinajstić information content (AvgIpc) is 2.70. The first-order valence-electron chi connectivity index (χ1n) is 4.85. The van der Waals surface area contributed by atoms with Crippen molar-refractivity contribution in [2.75, 3.05) is 4.72 Å². The lowest BCUT2D eigenvalue weighted by Crippen LogP contribution is -2.12. The van der Waals surface area contributed by atoms with Crippen molar-refractivity contribution in [3.05, 3.63) is 40.1 Å². The summed E-state index contributed by atoms with van der Waals surface area (Å²) in [6.45, 7) is 0. The van der Waals surface area contributed by atoms with Gasteiger partial charge in [0.25, 0.3) is 10.0 Å². The molecule has 2 aromatic rings. The molecule has 18 heavy (non-hydrogen) atoms. The highest BCUT2D eigenvalue weighted by Gasteiger charge is 2.17. The first-order valence-corrected chi connectivity index (χ1v) is 7.50. The second-order valence-corrected chi connectivity index (χ2v) is 6.55. The third-order valence-corrected chi connectivity index (χ3v) is 4.38. The molecule has 0 saturated carbocycles. The lowest BCUT2D eigenvalue weighted by molar-refractivity contribution is 0.601. The number of aryl methyl sites for hydroxylation is 1. The molecule has 1 aromatic heterocycles. The molecule has 2 rings (SSSR count). The van der Waals surface area contributed by atoms with Crippen molar-refractivity contribution in [1.82, 2.24) is 9.78 Å². The maximum atomic E-state index is 12.0. The van der Waals surface area contributed by atoms with Gasteiger partial charge < -0.3 is 0 Å². The fourth-order valence-electron chi connectivity index (χ4n) is 1.31. The summed E-state index contributed by atoms with van der Waals surface area (Å²) in [4.78, 5) is 0.104. The van der Waals surface area contributed by atoms with E-state index in [9.17, 15) is 8.42 Å². The third-order valence-electron chi connectivity index (χ3n) is 2.17. The summed E-state index contributed by atoms with van der Waals surface area (Å²) in [5.74, 6) is 0. The molecular formula is C10H9BrClN3O2S. The highest BCUT2D eigenvalue weighted by molar-refractivity contribution is 9.10. The van der Waals surface area contributed by atoms with Gasteiger partial charge in [-0.2, -0.15) is 5.10 Å². The fourth-order valence-corrected chi connectivity index (χ4v) is 3.29. The van der Waals surface area contributed by atoms with Gasteiger partial charge in [-0.25, -0.2) is 8.42 Å². The van der Waals surface area contributed by atoms with Gasteiger partial charge in [0.1, 0.15) is 4.90 Å². The van der Waals surface area contributed by atoms with Gasteiger partial charge in [0.2, 0.25) is 0 Å². The molecule has 0 spiro atoms. The highest BCUT2D eigenvalue weighted by atomic mass is 79.9. The molecule has 0 saturated heterocycles. The van der Waals surface area contributed by atoms with E-state index in [0.29, 0.717) is 15.2 Å². The van der Waals surface area contributed by atoms with Gasteiger partial charge in [-0.1, -0.05) is 11.6 Å². The van der Waals surface area contributed by atoms with Crippen molar-refractivity contribution < 1.29 is 8.42 Å². The lowest BCUT2D eigenvalue weighted by Gasteiger charge is -2.08. The first-order chi connectivity index (χ1) is 8.38. The number of benzene rings is 1. The number of hydrogen-bond acceptors (Lipinski definition) is 3. The second kappa shape index (κ2) is 4.91. The molecule has 0 fully saturated rings. The smallest absolute Gasteiger partial charge is 0.265 e. The number of nitrogens with one attached hydrogen (secondary N) is 1. The Kier molecular flexibility index (Phi) is 3.65. The minimum absolute atomic E-state index is 0.104. The predicted molar refractivity (Wildman–Crippen MR) is 73.2 cm³/mol. The molecule has 0 radical (unpaired) electrons. The highest BCUT2D eigenvalue weighted by Crippen LogP contribution is 2.27. The van der Waals surface area contributed by atoms with E-state index in [1.54, 1.807) is 25.2 Å². The van der Waals surface area contributed by atoms with Crippen molar-refractivity contribution in [3.63, 3.8) is 0 Å². The van der Waals surface area contributed by atoms with Crippen molar-refractivity contribution in [3.8, 4) is 0 Å². The number of anilines is 1. The molecule has 0 aliphatic rings. The van der Waals surface area contributed by atoms with Gasteiger partial charge in [-0.15, -0.1) is 0 Å². The second-order valence-electron chi connectivity index (χ2n) is 3.58. The van der Waals surface area contributed by atoms with E-state index in [1.165, 1.54) is 17.1 Å². The van der Waals surface area contributed by atoms with Crippen LogP contribution >= 0.6 is 27.5 Å². The van der Waals surface area contributed by atoms with Crippen LogP contribution in [0.15, 0.2) is 40.0 Å². The Morgan fingerprint density at radius 2 is 2.17 bits per heavy atom. The van der Waals surface area contributed by atoms with E-state index < -0.39 is 10.0 Å². The number of nitrogens with zero attached hydrogens (tertiary/aromatic N) is 2.